The number of carboxylic acid groups (broad SMARTS) is 1. The van der Waals surface area contributed by atoms with Gasteiger partial charge in [-0.25, -0.2) is 4.79 Å². The molecule has 160 valence electrons. The van der Waals surface area contributed by atoms with Crippen LogP contribution in [-0.2, 0) is 19.2 Å². The zero-order valence-corrected chi connectivity index (χ0v) is 18.1. The van der Waals surface area contributed by atoms with Crippen molar-refractivity contribution in [1.29, 1.82) is 0 Å². The Morgan fingerprint density at radius 3 is 2.52 bits per heavy atom. The molecule has 9 heteroatoms. The van der Waals surface area contributed by atoms with Crippen molar-refractivity contribution >= 4 is 35.3 Å². The van der Waals surface area contributed by atoms with Crippen LogP contribution in [0.2, 0.25) is 0 Å². The van der Waals surface area contributed by atoms with E-state index >= 15 is 0 Å². The lowest BCUT2D eigenvalue weighted by Gasteiger charge is -2.47. The molecule has 0 radical (unpaired) electrons. The third-order valence-electron chi connectivity index (χ3n) is 6.30. The summed E-state index contributed by atoms with van der Waals surface area (Å²) in [4.78, 5) is 51.9. The van der Waals surface area contributed by atoms with Gasteiger partial charge in [0.05, 0.1) is 12.0 Å². The molecule has 2 fully saturated rings. The molecule has 3 aliphatic heterocycles. The number of aliphatic carboxylic acids is 1. The van der Waals surface area contributed by atoms with E-state index in [9.17, 15) is 24.3 Å². The number of nitrogens with two attached hydrogens (primary N) is 1. The number of ketones is 1. The maximum absolute atomic E-state index is 12.8. The van der Waals surface area contributed by atoms with Crippen molar-refractivity contribution in [2.75, 3.05) is 12.3 Å². The Morgan fingerprint density at radius 1 is 1.31 bits per heavy atom. The van der Waals surface area contributed by atoms with Gasteiger partial charge in [0.1, 0.15) is 11.5 Å². The molecule has 0 bridgehead atoms. The summed E-state index contributed by atoms with van der Waals surface area (Å²) in [6.45, 7) is 7.36. The van der Waals surface area contributed by atoms with Crippen molar-refractivity contribution in [2.45, 2.75) is 58.7 Å². The second kappa shape index (κ2) is 8.10. The average Bonchev–Trinajstić information content (AvgIpc) is 3.08. The van der Waals surface area contributed by atoms with E-state index < -0.39 is 5.97 Å². The van der Waals surface area contributed by atoms with Gasteiger partial charge in [0.15, 0.2) is 0 Å². The van der Waals surface area contributed by atoms with Crippen LogP contribution in [0.25, 0.3) is 0 Å². The number of nitrogens with zero attached hydrogens (tertiary/aromatic N) is 2. The summed E-state index contributed by atoms with van der Waals surface area (Å²) < 4.78 is 0. The van der Waals surface area contributed by atoms with Crippen LogP contribution in [0.15, 0.2) is 10.6 Å². The van der Waals surface area contributed by atoms with E-state index in [0.29, 0.717) is 30.0 Å². The van der Waals surface area contributed by atoms with E-state index in [1.54, 1.807) is 4.90 Å². The number of thioether (sulfide) groups is 1. The monoisotopic (exact) mass is 423 g/mol. The van der Waals surface area contributed by atoms with Gasteiger partial charge in [0.25, 0.3) is 0 Å². The molecule has 2 saturated heterocycles. The highest BCUT2D eigenvalue weighted by atomic mass is 32.2. The first kappa shape index (κ1) is 21.8. The second-order valence-electron chi connectivity index (χ2n) is 8.55. The van der Waals surface area contributed by atoms with Crippen LogP contribution < -0.4 is 5.73 Å². The molecule has 3 heterocycles. The summed E-state index contributed by atoms with van der Waals surface area (Å²) in [5.74, 6) is -1.36. The third kappa shape index (κ3) is 3.82. The fourth-order valence-electron chi connectivity index (χ4n) is 5.07. The molecule has 8 nitrogen and oxygen atoms in total. The number of β-lactam (4-membered cyclic amide) rings is 1. The molecule has 3 aliphatic rings. The van der Waals surface area contributed by atoms with Crippen LogP contribution in [0.3, 0.4) is 0 Å². The quantitative estimate of drug-likeness (QED) is 0.587. The molecule has 0 aromatic heterocycles. The first-order valence-corrected chi connectivity index (χ1v) is 11.0. The third-order valence-corrected chi connectivity index (χ3v) is 7.72. The normalized spacial score (nSPS) is 32.3. The zero-order chi connectivity index (χ0) is 21.6. The fourth-order valence-corrected chi connectivity index (χ4v) is 6.48. The summed E-state index contributed by atoms with van der Waals surface area (Å²) in [7, 11) is 0. The number of amides is 2. The number of carbonyl (C=O) groups is 4. The van der Waals surface area contributed by atoms with Crippen molar-refractivity contribution in [3.05, 3.63) is 10.6 Å². The number of carboxylic acids is 1. The molecule has 0 aromatic rings. The smallest absolute Gasteiger partial charge is 0.353 e. The summed E-state index contributed by atoms with van der Waals surface area (Å²) in [6.07, 6.45) is 0.993. The van der Waals surface area contributed by atoms with Gasteiger partial charge in [-0.15, -0.1) is 11.8 Å². The molecule has 0 spiro atoms. The van der Waals surface area contributed by atoms with E-state index in [1.807, 2.05) is 13.8 Å². The number of likely N-dealkylation sites (tertiary alicyclic amines) is 1. The molecule has 0 saturated carbocycles. The van der Waals surface area contributed by atoms with Gasteiger partial charge in [0.2, 0.25) is 11.8 Å². The molecule has 0 aromatic carbocycles. The lowest BCUT2D eigenvalue weighted by atomic mass is 9.73. The number of hydrogen-bond acceptors (Lipinski definition) is 6. The molecule has 0 unspecified atom stereocenters. The van der Waals surface area contributed by atoms with E-state index in [1.165, 1.54) is 30.5 Å². The first-order chi connectivity index (χ1) is 13.5. The maximum atomic E-state index is 12.8. The summed E-state index contributed by atoms with van der Waals surface area (Å²) in [5.41, 5.74) is 6.07. The highest BCUT2D eigenvalue weighted by molar-refractivity contribution is 8.03. The number of fused-ring (bicyclic) bond motifs is 1. The maximum Gasteiger partial charge on any atom is 0.353 e. The fraction of sp³-hybridized carbons (Fsp3) is 0.700. The van der Waals surface area contributed by atoms with Crippen molar-refractivity contribution < 1.29 is 24.3 Å². The molecular formula is C20H29N3O5S. The summed E-state index contributed by atoms with van der Waals surface area (Å²) in [6, 6.07) is -0.337. The minimum Gasteiger partial charge on any atom is -0.477 e. The molecule has 2 amide bonds. The summed E-state index contributed by atoms with van der Waals surface area (Å²) in [5, 5.41) is 9.78. The molecule has 3 N–H and O–H groups in total. The van der Waals surface area contributed by atoms with Crippen LogP contribution >= 0.6 is 11.8 Å². The van der Waals surface area contributed by atoms with Crippen molar-refractivity contribution in [3.8, 4) is 0 Å². The van der Waals surface area contributed by atoms with E-state index in [2.05, 4.69) is 0 Å². The zero-order valence-electron chi connectivity index (χ0n) is 17.3. The van der Waals surface area contributed by atoms with Gasteiger partial charge < -0.3 is 25.4 Å². The van der Waals surface area contributed by atoms with Gasteiger partial charge in [0, 0.05) is 48.5 Å². The molecule has 6 atom stereocenters. The Kier molecular flexibility index (Phi) is 6.10. The highest BCUT2D eigenvalue weighted by Crippen LogP contribution is 2.52. The van der Waals surface area contributed by atoms with E-state index in [-0.39, 0.29) is 59.2 Å². The Labute approximate surface area is 174 Å². The van der Waals surface area contributed by atoms with E-state index in [4.69, 9.17) is 5.73 Å². The predicted octanol–water partition coefficient (Wildman–Crippen LogP) is 1.06. The minimum atomic E-state index is -1.11. The Morgan fingerprint density at radius 2 is 1.97 bits per heavy atom. The lowest BCUT2D eigenvalue weighted by Crippen LogP contribution is -2.62. The predicted molar refractivity (Wildman–Crippen MR) is 109 cm³/mol. The van der Waals surface area contributed by atoms with Gasteiger partial charge >= 0.3 is 5.97 Å². The summed E-state index contributed by atoms with van der Waals surface area (Å²) >= 11 is 1.41. The minimum absolute atomic E-state index is 0.0253. The van der Waals surface area contributed by atoms with Crippen LogP contribution in [0.1, 0.15) is 40.5 Å². The number of carbonyl (C=O) groups excluding carboxylic acids is 3. The standard InChI is InChI=1S/C20H29N3O5S/c1-9(5-10(2)24)15-16-11(3)18(17(20(27)28)23(16)19(15)26)29-8-14-6-13(21)7-22(14)12(4)25/h9,11,13-16H,5-8,21H2,1-4H3,(H,27,28)/t9-,11+,13-,14-,15+,16+/m0/s1. The number of hydrogen-bond donors (Lipinski definition) is 2. The van der Waals surface area contributed by atoms with Crippen molar-refractivity contribution in [3.63, 3.8) is 0 Å². The van der Waals surface area contributed by atoms with Crippen LogP contribution in [0.5, 0.6) is 0 Å². The SMILES string of the molecule is CC(=O)C[C@H](C)[C@H]1C(=O)N2C(C(=O)O)=C(SC[C@@H]3C[C@H](N)CN3C(C)=O)[C@H](C)[C@H]12. The van der Waals surface area contributed by atoms with Crippen LogP contribution in [0.4, 0.5) is 0 Å². The Hall–Kier alpha value is -1.87. The van der Waals surface area contributed by atoms with Gasteiger partial charge in [-0.3, -0.25) is 9.59 Å². The second-order valence-corrected chi connectivity index (χ2v) is 9.61. The largest absolute Gasteiger partial charge is 0.477 e. The lowest BCUT2D eigenvalue weighted by molar-refractivity contribution is -0.160. The number of Topliss-reactive ketones (excluding diaryl/α,β-unsaturated/α-hetero) is 1. The van der Waals surface area contributed by atoms with Crippen molar-refractivity contribution in [1.82, 2.24) is 9.80 Å². The van der Waals surface area contributed by atoms with Crippen molar-refractivity contribution in [2.24, 2.45) is 23.5 Å². The molecule has 29 heavy (non-hydrogen) atoms. The first-order valence-electron chi connectivity index (χ1n) is 10.00. The highest BCUT2D eigenvalue weighted by Gasteiger charge is 2.60. The topological polar surface area (TPSA) is 121 Å². The van der Waals surface area contributed by atoms with E-state index in [0.717, 1.165) is 0 Å². The molecule has 0 aliphatic carbocycles. The van der Waals surface area contributed by atoms with Gasteiger partial charge in [-0.05, 0) is 19.3 Å². The van der Waals surface area contributed by atoms with Gasteiger partial charge in [-0.1, -0.05) is 13.8 Å². The average molecular weight is 424 g/mol. The number of rotatable bonds is 7. The van der Waals surface area contributed by atoms with Crippen LogP contribution in [-0.4, -0.2) is 68.9 Å². The Bertz CT molecular complexity index is 782. The molecular weight excluding hydrogens is 394 g/mol. The Balaban J connectivity index is 1.78. The van der Waals surface area contributed by atoms with Crippen LogP contribution in [0, 0.1) is 17.8 Å². The van der Waals surface area contributed by atoms with Gasteiger partial charge in [-0.2, -0.15) is 0 Å². The molecule has 3 rings (SSSR count).